The van der Waals surface area contributed by atoms with E-state index in [-0.39, 0.29) is 15.9 Å². The average Bonchev–Trinajstić information content (AvgIpc) is 2.00. The predicted molar refractivity (Wildman–Crippen MR) is 43.7 cm³/mol. The van der Waals surface area contributed by atoms with Crippen molar-refractivity contribution >= 4 is 29.2 Å². The fourth-order valence-electron chi connectivity index (χ4n) is 0.618. The molecule has 0 aliphatic carbocycles. The Hall–Kier alpha value is -0.870. The van der Waals surface area contributed by atoms with E-state index in [1.54, 1.807) is 6.92 Å². The average molecular weight is 207 g/mol. The lowest BCUT2D eigenvalue weighted by molar-refractivity contribution is 0.0689. The van der Waals surface area contributed by atoms with E-state index >= 15 is 0 Å². The van der Waals surface area contributed by atoms with Crippen molar-refractivity contribution in [3.63, 3.8) is 0 Å². The van der Waals surface area contributed by atoms with Gasteiger partial charge < -0.3 is 5.11 Å². The highest BCUT2D eigenvalue weighted by Crippen LogP contribution is 2.22. The zero-order valence-electron chi connectivity index (χ0n) is 6.01. The van der Waals surface area contributed by atoms with Crippen LogP contribution < -0.4 is 0 Å². The van der Waals surface area contributed by atoms with Crippen molar-refractivity contribution in [2.75, 3.05) is 0 Å². The molecule has 0 saturated heterocycles. The Balaban J connectivity index is 3.36. The summed E-state index contributed by atoms with van der Waals surface area (Å²) in [7, 11) is 0. The Morgan fingerprint density at radius 3 is 2.50 bits per heavy atom. The molecule has 0 aliphatic rings. The quantitative estimate of drug-likeness (QED) is 0.762. The highest BCUT2D eigenvalue weighted by atomic mass is 35.5. The number of halogens is 2. The molecular formula is C6H4Cl2N2O2. The van der Waals surface area contributed by atoms with Crippen molar-refractivity contribution in [1.82, 2.24) is 10.2 Å². The molecule has 0 amide bonds. The van der Waals surface area contributed by atoms with Crippen molar-refractivity contribution in [1.29, 1.82) is 0 Å². The number of aromatic nitrogens is 2. The van der Waals surface area contributed by atoms with Gasteiger partial charge in [-0.05, 0) is 6.92 Å². The Kier molecular flexibility index (Phi) is 2.49. The van der Waals surface area contributed by atoms with Crippen LogP contribution >= 0.6 is 23.2 Å². The summed E-state index contributed by atoms with van der Waals surface area (Å²) in [5.74, 6) is -1.22. The minimum Gasteiger partial charge on any atom is -0.476 e. The minimum absolute atomic E-state index is 0.0301. The maximum atomic E-state index is 10.5. The maximum absolute atomic E-state index is 10.5. The fourth-order valence-corrected chi connectivity index (χ4v) is 1.01. The molecule has 0 aromatic carbocycles. The third kappa shape index (κ3) is 1.49. The van der Waals surface area contributed by atoms with Crippen LogP contribution in [-0.4, -0.2) is 21.3 Å². The molecule has 0 bridgehead atoms. The van der Waals surface area contributed by atoms with Gasteiger partial charge in [0, 0.05) is 5.56 Å². The lowest BCUT2D eigenvalue weighted by atomic mass is 10.3. The number of carboxylic acids is 1. The smallest absolute Gasteiger partial charge is 0.358 e. The van der Waals surface area contributed by atoms with Gasteiger partial charge in [0.05, 0.1) is 5.02 Å². The molecule has 0 spiro atoms. The molecule has 0 atom stereocenters. The van der Waals surface area contributed by atoms with Gasteiger partial charge in [-0.25, -0.2) is 4.79 Å². The summed E-state index contributed by atoms with van der Waals surface area (Å²) >= 11 is 11.2. The van der Waals surface area contributed by atoms with Gasteiger partial charge >= 0.3 is 5.97 Å². The van der Waals surface area contributed by atoms with Crippen LogP contribution in [0.5, 0.6) is 0 Å². The summed E-state index contributed by atoms with van der Waals surface area (Å²) in [5.41, 5.74) is 0.143. The van der Waals surface area contributed by atoms with Crippen molar-refractivity contribution < 1.29 is 9.90 Å². The van der Waals surface area contributed by atoms with Crippen LogP contribution in [0.1, 0.15) is 16.1 Å². The summed E-state index contributed by atoms with van der Waals surface area (Å²) in [6.45, 7) is 1.58. The van der Waals surface area contributed by atoms with E-state index in [0.29, 0.717) is 5.56 Å². The molecule has 1 heterocycles. The predicted octanol–water partition coefficient (Wildman–Crippen LogP) is 1.79. The van der Waals surface area contributed by atoms with Crippen LogP contribution in [0.3, 0.4) is 0 Å². The molecule has 1 rings (SSSR count). The van der Waals surface area contributed by atoms with Crippen molar-refractivity contribution in [2.45, 2.75) is 6.92 Å². The van der Waals surface area contributed by atoms with Gasteiger partial charge in [0.2, 0.25) is 0 Å². The van der Waals surface area contributed by atoms with E-state index in [0.717, 1.165) is 0 Å². The highest BCUT2D eigenvalue weighted by molar-refractivity contribution is 6.36. The minimum atomic E-state index is -1.22. The zero-order chi connectivity index (χ0) is 9.30. The molecule has 4 nitrogen and oxygen atoms in total. The van der Waals surface area contributed by atoms with Crippen LogP contribution in [0.2, 0.25) is 10.2 Å². The standard InChI is InChI=1S/C6H4Cl2N2O2/c1-2-3(7)4(6(11)12)9-10-5(2)8/h1H3,(H,11,12). The third-order valence-corrected chi connectivity index (χ3v) is 2.11. The van der Waals surface area contributed by atoms with Gasteiger partial charge in [-0.1, -0.05) is 23.2 Å². The van der Waals surface area contributed by atoms with E-state index in [4.69, 9.17) is 28.3 Å². The SMILES string of the molecule is Cc1c(Cl)nnc(C(=O)O)c1Cl. The number of nitrogens with zero attached hydrogens (tertiary/aromatic N) is 2. The summed E-state index contributed by atoms with van der Waals surface area (Å²) in [5, 5.41) is 15.4. The summed E-state index contributed by atoms with van der Waals surface area (Å²) in [6, 6.07) is 0. The van der Waals surface area contributed by atoms with Crippen LogP contribution in [0.25, 0.3) is 0 Å². The van der Waals surface area contributed by atoms with Gasteiger partial charge in [-0.15, -0.1) is 10.2 Å². The monoisotopic (exact) mass is 206 g/mol. The van der Waals surface area contributed by atoms with Gasteiger partial charge in [-0.2, -0.15) is 0 Å². The van der Waals surface area contributed by atoms with Crippen molar-refractivity contribution in [3.05, 3.63) is 21.4 Å². The van der Waals surface area contributed by atoms with E-state index < -0.39 is 5.97 Å². The molecule has 0 fully saturated rings. The molecule has 6 heteroatoms. The molecule has 1 N–H and O–H groups in total. The molecule has 0 saturated carbocycles. The third-order valence-electron chi connectivity index (χ3n) is 1.29. The Morgan fingerprint density at radius 2 is 2.00 bits per heavy atom. The zero-order valence-corrected chi connectivity index (χ0v) is 7.52. The van der Waals surface area contributed by atoms with E-state index in [1.807, 2.05) is 0 Å². The maximum Gasteiger partial charge on any atom is 0.358 e. The first-order chi connectivity index (χ1) is 5.54. The lowest BCUT2D eigenvalue weighted by Crippen LogP contribution is -2.04. The van der Waals surface area contributed by atoms with Crippen molar-refractivity contribution in [3.8, 4) is 0 Å². The number of carboxylic acid groups (broad SMARTS) is 1. The second-order valence-corrected chi connectivity index (χ2v) is 2.82. The second kappa shape index (κ2) is 3.25. The summed E-state index contributed by atoms with van der Waals surface area (Å²) in [6.07, 6.45) is 0. The molecule has 64 valence electrons. The van der Waals surface area contributed by atoms with Crippen LogP contribution in [0, 0.1) is 6.92 Å². The Morgan fingerprint density at radius 1 is 1.42 bits per heavy atom. The first-order valence-corrected chi connectivity index (χ1v) is 3.71. The van der Waals surface area contributed by atoms with Gasteiger partial charge in [0.15, 0.2) is 10.8 Å². The van der Waals surface area contributed by atoms with E-state index in [1.165, 1.54) is 0 Å². The Bertz CT molecular complexity index is 341. The van der Waals surface area contributed by atoms with E-state index in [9.17, 15) is 4.79 Å². The largest absolute Gasteiger partial charge is 0.476 e. The highest BCUT2D eigenvalue weighted by Gasteiger charge is 2.15. The molecule has 0 unspecified atom stereocenters. The number of hydrogen-bond donors (Lipinski definition) is 1. The molecule has 1 aromatic heterocycles. The number of carbonyl (C=O) groups is 1. The summed E-state index contributed by atoms with van der Waals surface area (Å²) < 4.78 is 0. The van der Waals surface area contributed by atoms with Gasteiger partial charge in [0.25, 0.3) is 0 Å². The lowest BCUT2D eigenvalue weighted by Gasteiger charge is -2.00. The molecule has 1 aromatic rings. The first-order valence-electron chi connectivity index (χ1n) is 2.95. The normalized spacial score (nSPS) is 9.92. The van der Waals surface area contributed by atoms with Crippen LogP contribution in [-0.2, 0) is 0 Å². The number of aromatic carboxylic acids is 1. The van der Waals surface area contributed by atoms with Crippen LogP contribution in [0.4, 0.5) is 0 Å². The fraction of sp³-hybridized carbons (Fsp3) is 0.167. The number of rotatable bonds is 1. The van der Waals surface area contributed by atoms with E-state index in [2.05, 4.69) is 10.2 Å². The topological polar surface area (TPSA) is 63.1 Å². The molecule has 0 aliphatic heterocycles. The Labute approximate surface area is 78.1 Å². The summed E-state index contributed by atoms with van der Waals surface area (Å²) in [4.78, 5) is 10.5. The van der Waals surface area contributed by atoms with Crippen molar-refractivity contribution in [2.24, 2.45) is 0 Å². The van der Waals surface area contributed by atoms with Gasteiger partial charge in [-0.3, -0.25) is 0 Å². The van der Waals surface area contributed by atoms with Crippen LogP contribution in [0.15, 0.2) is 0 Å². The molecular weight excluding hydrogens is 203 g/mol. The molecule has 12 heavy (non-hydrogen) atoms. The van der Waals surface area contributed by atoms with Gasteiger partial charge in [0.1, 0.15) is 0 Å². The second-order valence-electron chi connectivity index (χ2n) is 2.08. The number of hydrogen-bond acceptors (Lipinski definition) is 3. The molecule has 0 radical (unpaired) electrons. The first kappa shape index (κ1) is 9.22.